The van der Waals surface area contributed by atoms with E-state index in [2.05, 4.69) is 5.32 Å². The fourth-order valence-electron chi connectivity index (χ4n) is 4.69. The Morgan fingerprint density at radius 3 is 2.41 bits per heavy atom. The Bertz CT molecular complexity index is 1000. The van der Waals surface area contributed by atoms with Crippen LogP contribution in [0.2, 0.25) is 0 Å². The standard InChI is InChI=1S/C20H26N4O4.BrH/c25-19-17-12-16(24(27)28)6-7-18(17)22(13-14-4-2-1-3-5-14)20(26)23(19)15-8-10-21-11-9-15;/h6-7,12,14-15,21H,1-5,8-11,13H2;1H. The number of fused-ring (bicyclic) bond motifs is 1. The highest BCUT2D eigenvalue weighted by Crippen LogP contribution is 2.26. The normalized spacial score (nSPS) is 18.5. The molecule has 4 rings (SSSR count). The number of rotatable bonds is 4. The fourth-order valence-corrected chi connectivity index (χ4v) is 4.69. The van der Waals surface area contributed by atoms with Crippen molar-refractivity contribution in [2.75, 3.05) is 13.1 Å². The molecule has 8 nitrogen and oxygen atoms in total. The first kappa shape index (κ1) is 21.7. The first-order chi connectivity index (χ1) is 13.6. The second-order valence-corrected chi connectivity index (χ2v) is 8.01. The van der Waals surface area contributed by atoms with Gasteiger partial charge in [-0.1, -0.05) is 19.3 Å². The monoisotopic (exact) mass is 466 g/mol. The van der Waals surface area contributed by atoms with Crippen LogP contribution in [0.5, 0.6) is 0 Å². The maximum Gasteiger partial charge on any atom is 0.331 e. The summed E-state index contributed by atoms with van der Waals surface area (Å²) in [6.45, 7) is 2.08. The molecule has 158 valence electrons. The van der Waals surface area contributed by atoms with Gasteiger partial charge < -0.3 is 5.32 Å². The zero-order valence-electron chi connectivity index (χ0n) is 16.3. The minimum Gasteiger partial charge on any atom is -0.317 e. The smallest absolute Gasteiger partial charge is 0.317 e. The number of benzene rings is 1. The maximum absolute atomic E-state index is 13.4. The van der Waals surface area contributed by atoms with E-state index in [4.69, 9.17) is 0 Å². The summed E-state index contributed by atoms with van der Waals surface area (Å²) in [7, 11) is 0. The van der Waals surface area contributed by atoms with E-state index in [1.165, 1.54) is 23.1 Å². The highest BCUT2D eigenvalue weighted by Gasteiger charge is 2.25. The van der Waals surface area contributed by atoms with Crippen LogP contribution in [-0.4, -0.2) is 27.1 Å². The number of non-ortho nitro benzene ring substituents is 1. The topological polar surface area (TPSA) is 99.2 Å². The van der Waals surface area contributed by atoms with E-state index in [-0.39, 0.29) is 39.8 Å². The van der Waals surface area contributed by atoms with E-state index >= 15 is 0 Å². The number of piperidine rings is 1. The summed E-state index contributed by atoms with van der Waals surface area (Å²) in [5.74, 6) is 0.406. The zero-order valence-corrected chi connectivity index (χ0v) is 18.1. The van der Waals surface area contributed by atoms with E-state index in [1.807, 2.05) is 0 Å². The van der Waals surface area contributed by atoms with Crippen molar-refractivity contribution in [3.8, 4) is 0 Å². The van der Waals surface area contributed by atoms with E-state index in [9.17, 15) is 19.7 Å². The summed E-state index contributed by atoms with van der Waals surface area (Å²) in [6, 6.07) is 4.10. The molecule has 1 aromatic carbocycles. The average Bonchev–Trinajstić information content (AvgIpc) is 2.72. The van der Waals surface area contributed by atoms with Gasteiger partial charge in [0.15, 0.2) is 0 Å². The summed E-state index contributed by atoms with van der Waals surface area (Å²) in [5, 5.41) is 14.7. The van der Waals surface area contributed by atoms with Gasteiger partial charge in [0.2, 0.25) is 0 Å². The Kier molecular flexibility index (Phi) is 6.89. The quantitative estimate of drug-likeness (QED) is 0.550. The van der Waals surface area contributed by atoms with Crippen LogP contribution in [0.1, 0.15) is 51.0 Å². The van der Waals surface area contributed by atoms with E-state index in [1.54, 1.807) is 10.6 Å². The van der Waals surface area contributed by atoms with Gasteiger partial charge in [0.25, 0.3) is 11.2 Å². The third-order valence-electron chi connectivity index (χ3n) is 6.21. The molecule has 2 aliphatic rings. The van der Waals surface area contributed by atoms with Crippen molar-refractivity contribution in [3.63, 3.8) is 0 Å². The lowest BCUT2D eigenvalue weighted by molar-refractivity contribution is -0.384. The Hall–Kier alpha value is -2.00. The summed E-state index contributed by atoms with van der Waals surface area (Å²) in [5.41, 5.74) is -0.292. The van der Waals surface area contributed by atoms with Crippen LogP contribution in [0, 0.1) is 16.0 Å². The van der Waals surface area contributed by atoms with Gasteiger partial charge >= 0.3 is 5.69 Å². The molecule has 29 heavy (non-hydrogen) atoms. The molecule has 0 unspecified atom stereocenters. The molecular formula is C20H27BrN4O4. The van der Waals surface area contributed by atoms with E-state index in [0.29, 0.717) is 30.8 Å². The molecule has 9 heteroatoms. The second-order valence-electron chi connectivity index (χ2n) is 8.01. The molecule has 2 aromatic rings. The molecule has 1 saturated carbocycles. The first-order valence-electron chi connectivity index (χ1n) is 10.2. The van der Waals surface area contributed by atoms with Gasteiger partial charge in [-0.3, -0.25) is 24.0 Å². The predicted octanol–water partition coefficient (Wildman–Crippen LogP) is 3.15. The third-order valence-corrected chi connectivity index (χ3v) is 6.21. The Morgan fingerprint density at radius 2 is 1.76 bits per heavy atom. The van der Waals surface area contributed by atoms with Crippen molar-refractivity contribution in [3.05, 3.63) is 49.2 Å². The largest absolute Gasteiger partial charge is 0.331 e. The molecule has 2 fully saturated rings. The van der Waals surface area contributed by atoms with Crippen molar-refractivity contribution < 1.29 is 4.92 Å². The number of nitrogens with zero attached hydrogens (tertiary/aromatic N) is 3. The summed E-state index contributed by atoms with van der Waals surface area (Å²) >= 11 is 0. The van der Waals surface area contributed by atoms with Crippen LogP contribution in [0.15, 0.2) is 27.8 Å². The van der Waals surface area contributed by atoms with Crippen LogP contribution in [0.3, 0.4) is 0 Å². The molecular weight excluding hydrogens is 440 g/mol. The average molecular weight is 467 g/mol. The molecule has 1 N–H and O–H groups in total. The van der Waals surface area contributed by atoms with Gasteiger partial charge in [-0.15, -0.1) is 17.0 Å². The van der Waals surface area contributed by atoms with E-state index < -0.39 is 10.5 Å². The lowest BCUT2D eigenvalue weighted by atomic mass is 9.89. The van der Waals surface area contributed by atoms with Gasteiger partial charge in [-0.25, -0.2) is 4.79 Å². The zero-order chi connectivity index (χ0) is 19.7. The number of hydrogen-bond acceptors (Lipinski definition) is 5. The maximum atomic E-state index is 13.4. The molecule has 0 atom stereocenters. The highest BCUT2D eigenvalue weighted by molar-refractivity contribution is 8.93. The minimum atomic E-state index is -0.496. The molecule has 1 aliphatic heterocycles. The third kappa shape index (κ3) is 4.30. The summed E-state index contributed by atoms with van der Waals surface area (Å²) in [4.78, 5) is 37.3. The molecule has 0 radical (unpaired) electrons. The summed E-state index contributed by atoms with van der Waals surface area (Å²) in [6.07, 6.45) is 7.12. The molecule has 1 aromatic heterocycles. The Labute approximate surface area is 178 Å². The number of nitrogens with one attached hydrogen (secondary N) is 1. The summed E-state index contributed by atoms with van der Waals surface area (Å²) < 4.78 is 3.05. The van der Waals surface area contributed by atoms with E-state index in [0.717, 1.165) is 38.8 Å². The van der Waals surface area contributed by atoms with Crippen molar-refractivity contribution in [2.24, 2.45) is 5.92 Å². The second kappa shape index (κ2) is 9.21. The highest BCUT2D eigenvalue weighted by atomic mass is 79.9. The number of halogens is 1. The first-order valence-corrected chi connectivity index (χ1v) is 10.2. The molecule has 1 saturated heterocycles. The van der Waals surface area contributed by atoms with Crippen LogP contribution < -0.4 is 16.6 Å². The van der Waals surface area contributed by atoms with Crippen molar-refractivity contribution in [1.82, 2.24) is 14.5 Å². The van der Waals surface area contributed by atoms with Crippen LogP contribution in [-0.2, 0) is 6.54 Å². The lowest BCUT2D eigenvalue weighted by Gasteiger charge is -2.27. The molecule has 0 spiro atoms. The van der Waals surface area contributed by atoms with Crippen molar-refractivity contribution in [2.45, 2.75) is 57.5 Å². The minimum absolute atomic E-state index is 0. The Morgan fingerprint density at radius 1 is 1.07 bits per heavy atom. The fraction of sp³-hybridized carbons (Fsp3) is 0.600. The number of aromatic nitrogens is 2. The van der Waals surface area contributed by atoms with Gasteiger partial charge in [-0.2, -0.15) is 0 Å². The lowest BCUT2D eigenvalue weighted by Crippen LogP contribution is -2.45. The van der Waals surface area contributed by atoms with Crippen LogP contribution in [0.25, 0.3) is 10.9 Å². The van der Waals surface area contributed by atoms with Gasteiger partial charge in [0.1, 0.15) is 0 Å². The number of nitro groups is 1. The molecule has 0 bridgehead atoms. The van der Waals surface area contributed by atoms with Gasteiger partial charge in [0.05, 0.1) is 15.8 Å². The van der Waals surface area contributed by atoms with Crippen LogP contribution in [0.4, 0.5) is 5.69 Å². The molecule has 1 aliphatic carbocycles. The van der Waals surface area contributed by atoms with Crippen LogP contribution >= 0.6 is 17.0 Å². The molecule has 2 heterocycles. The molecule has 0 amide bonds. The SMILES string of the molecule is Br.O=c1c2cc([N+](=O)[O-])ccc2n(CC2CCCCC2)c(=O)n1C1CCNCC1. The number of hydrogen-bond donors (Lipinski definition) is 1. The number of nitro benzene ring substituents is 1. The Balaban J connectivity index is 0.00000240. The van der Waals surface area contributed by atoms with Gasteiger partial charge in [0, 0.05) is 24.7 Å². The van der Waals surface area contributed by atoms with Gasteiger partial charge in [-0.05, 0) is 50.8 Å². The van der Waals surface area contributed by atoms with Crippen molar-refractivity contribution in [1.29, 1.82) is 0 Å². The van der Waals surface area contributed by atoms with Crippen molar-refractivity contribution >= 4 is 33.6 Å². The predicted molar refractivity (Wildman–Crippen MR) is 117 cm³/mol.